The maximum Gasteiger partial charge on any atom is 0.287 e. The van der Waals surface area contributed by atoms with Crippen LogP contribution in [-0.4, -0.2) is 17.6 Å². The molecule has 0 aliphatic rings. The quantitative estimate of drug-likeness (QED) is 0.705. The molecule has 3 rings (SSSR count). The van der Waals surface area contributed by atoms with Crippen LogP contribution in [0.15, 0.2) is 52.9 Å². The molecule has 2 N–H and O–H groups in total. The van der Waals surface area contributed by atoms with Gasteiger partial charge in [-0.05, 0) is 37.8 Å². The summed E-state index contributed by atoms with van der Waals surface area (Å²) in [5, 5.41) is 13.2. The van der Waals surface area contributed by atoms with Crippen molar-refractivity contribution >= 4 is 16.9 Å². The fourth-order valence-electron chi connectivity index (χ4n) is 3.13. The van der Waals surface area contributed by atoms with Gasteiger partial charge in [0.1, 0.15) is 5.58 Å². The minimum Gasteiger partial charge on any atom is -0.450 e. The molecular formula is C21H23NO3. The first-order chi connectivity index (χ1) is 12.1. The summed E-state index contributed by atoms with van der Waals surface area (Å²) in [6.07, 6.45) is 1.29. The summed E-state index contributed by atoms with van der Waals surface area (Å²) in [7, 11) is 0. The average molecular weight is 337 g/mol. The Kier molecular flexibility index (Phi) is 5.19. The summed E-state index contributed by atoms with van der Waals surface area (Å²) in [5.74, 6) is 0.133. The molecule has 1 heterocycles. The number of carbonyl (C=O) groups is 1. The van der Waals surface area contributed by atoms with Crippen molar-refractivity contribution in [2.24, 2.45) is 0 Å². The minimum atomic E-state index is -0.222. The lowest BCUT2D eigenvalue weighted by Gasteiger charge is -2.18. The second-order valence-electron chi connectivity index (χ2n) is 6.31. The number of hydrogen-bond donors (Lipinski definition) is 2. The van der Waals surface area contributed by atoms with E-state index in [4.69, 9.17) is 9.52 Å². The zero-order valence-electron chi connectivity index (χ0n) is 14.6. The Balaban J connectivity index is 1.89. The number of hydrogen-bond acceptors (Lipinski definition) is 3. The van der Waals surface area contributed by atoms with Crippen molar-refractivity contribution in [3.63, 3.8) is 0 Å². The topological polar surface area (TPSA) is 62.5 Å². The Morgan fingerprint density at radius 1 is 1.12 bits per heavy atom. The number of aryl methyl sites for hydroxylation is 2. The van der Waals surface area contributed by atoms with Crippen LogP contribution in [0.2, 0.25) is 0 Å². The highest BCUT2D eigenvalue weighted by molar-refractivity contribution is 5.99. The van der Waals surface area contributed by atoms with Crippen LogP contribution in [0.5, 0.6) is 0 Å². The van der Waals surface area contributed by atoms with Crippen molar-refractivity contribution in [3.8, 4) is 0 Å². The van der Waals surface area contributed by atoms with Crippen LogP contribution in [0.25, 0.3) is 11.0 Å². The van der Waals surface area contributed by atoms with E-state index < -0.39 is 0 Å². The molecule has 25 heavy (non-hydrogen) atoms. The second kappa shape index (κ2) is 7.53. The number of furan rings is 1. The molecule has 1 unspecified atom stereocenters. The highest BCUT2D eigenvalue weighted by atomic mass is 16.3. The molecule has 0 spiro atoms. The molecule has 2 aromatic carbocycles. The van der Waals surface area contributed by atoms with E-state index in [1.165, 1.54) is 0 Å². The van der Waals surface area contributed by atoms with Crippen molar-refractivity contribution in [1.82, 2.24) is 5.32 Å². The summed E-state index contributed by atoms with van der Waals surface area (Å²) in [4.78, 5) is 12.8. The van der Waals surface area contributed by atoms with Crippen molar-refractivity contribution in [2.75, 3.05) is 6.61 Å². The van der Waals surface area contributed by atoms with Crippen LogP contribution in [0.4, 0.5) is 0 Å². The van der Waals surface area contributed by atoms with E-state index >= 15 is 0 Å². The lowest BCUT2D eigenvalue weighted by Crippen LogP contribution is -2.29. The lowest BCUT2D eigenvalue weighted by atomic mass is 10.0. The molecule has 0 aliphatic carbocycles. The molecule has 0 radical (unpaired) electrons. The number of nitrogens with one attached hydrogen (secondary N) is 1. The fourth-order valence-corrected chi connectivity index (χ4v) is 3.13. The average Bonchev–Trinajstić information content (AvgIpc) is 2.98. The number of aliphatic hydroxyl groups is 1. The van der Waals surface area contributed by atoms with Crippen molar-refractivity contribution in [3.05, 3.63) is 71.0 Å². The van der Waals surface area contributed by atoms with Gasteiger partial charge in [-0.25, -0.2) is 0 Å². The fraction of sp³-hybridized carbons (Fsp3) is 0.286. The smallest absolute Gasteiger partial charge is 0.287 e. The third kappa shape index (κ3) is 3.59. The summed E-state index contributed by atoms with van der Waals surface area (Å²) in [6, 6.07) is 15.6. The van der Waals surface area contributed by atoms with Crippen LogP contribution in [-0.2, 0) is 0 Å². The summed E-state index contributed by atoms with van der Waals surface area (Å²) in [5.41, 5.74) is 3.65. The third-order valence-electron chi connectivity index (χ3n) is 4.53. The van der Waals surface area contributed by atoms with Gasteiger partial charge in [-0.1, -0.05) is 48.5 Å². The number of amides is 1. The molecule has 0 fully saturated rings. The molecule has 1 amide bonds. The van der Waals surface area contributed by atoms with Gasteiger partial charge in [0.2, 0.25) is 0 Å². The SMILES string of the molecule is Cc1c(C(=O)NC(CCCO)c2ccccc2)oc2c(C)cccc12. The van der Waals surface area contributed by atoms with Crippen LogP contribution in [0.1, 0.15) is 46.1 Å². The number of benzene rings is 2. The highest BCUT2D eigenvalue weighted by Crippen LogP contribution is 2.28. The monoisotopic (exact) mass is 337 g/mol. The molecule has 1 aromatic heterocycles. The Labute approximate surface area is 147 Å². The molecule has 1 atom stereocenters. The Bertz CT molecular complexity index is 867. The van der Waals surface area contributed by atoms with Gasteiger partial charge >= 0.3 is 0 Å². The van der Waals surface area contributed by atoms with Crippen LogP contribution >= 0.6 is 0 Å². The molecule has 3 aromatic rings. The minimum absolute atomic E-state index is 0.0993. The Morgan fingerprint density at radius 3 is 2.56 bits per heavy atom. The standard InChI is InChI=1S/C21H23NO3/c1-14-8-6-11-17-15(2)20(25-19(14)17)21(24)22-18(12-7-13-23)16-9-4-3-5-10-16/h3-6,8-11,18,23H,7,12-13H2,1-2H3,(H,22,24). The molecule has 4 nitrogen and oxygen atoms in total. The molecule has 0 aliphatic heterocycles. The molecule has 0 bridgehead atoms. The Hall–Kier alpha value is -2.59. The molecule has 4 heteroatoms. The van der Waals surface area contributed by atoms with Crippen LogP contribution in [0.3, 0.4) is 0 Å². The van der Waals surface area contributed by atoms with Gasteiger partial charge in [-0.2, -0.15) is 0 Å². The maximum absolute atomic E-state index is 12.8. The predicted octanol–water partition coefficient (Wildman–Crippen LogP) is 4.29. The number of para-hydroxylation sites is 1. The molecule has 0 saturated heterocycles. The normalized spacial score (nSPS) is 12.3. The Morgan fingerprint density at radius 2 is 1.88 bits per heavy atom. The first kappa shape index (κ1) is 17.2. The lowest BCUT2D eigenvalue weighted by molar-refractivity contribution is 0.0905. The van der Waals surface area contributed by atoms with E-state index in [0.717, 1.165) is 27.7 Å². The summed E-state index contributed by atoms with van der Waals surface area (Å²) >= 11 is 0. The van der Waals surface area contributed by atoms with E-state index in [0.29, 0.717) is 18.6 Å². The number of rotatable bonds is 6. The molecule has 0 saturated carbocycles. The van der Waals surface area contributed by atoms with E-state index in [1.807, 2.05) is 62.4 Å². The molecular weight excluding hydrogens is 314 g/mol. The zero-order valence-corrected chi connectivity index (χ0v) is 14.6. The van der Waals surface area contributed by atoms with E-state index in [1.54, 1.807) is 0 Å². The van der Waals surface area contributed by atoms with Gasteiger partial charge in [-0.3, -0.25) is 4.79 Å². The first-order valence-corrected chi connectivity index (χ1v) is 8.57. The summed E-state index contributed by atoms with van der Waals surface area (Å²) in [6.45, 7) is 3.98. The van der Waals surface area contributed by atoms with Crippen molar-refractivity contribution < 1.29 is 14.3 Å². The third-order valence-corrected chi connectivity index (χ3v) is 4.53. The zero-order chi connectivity index (χ0) is 17.8. The van der Waals surface area contributed by atoms with Crippen molar-refractivity contribution in [2.45, 2.75) is 32.7 Å². The van der Waals surface area contributed by atoms with Gasteiger partial charge < -0.3 is 14.8 Å². The van der Waals surface area contributed by atoms with Crippen LogP contribution < -0.4 is 5.32 Å². The predicted molar refractivity (Wildman–Crippen MR) is 98.7 cm³/mol. The second-order valence-corrected chi connectivity index (χ2v) is 6.31. The van der Waals surface area contributed by atoms with E-state index in [2.05, 4.69) is 5.32 Å². The van der Waals surface area contributed by atoms with Gasteiger partial charge in [0.15, 0.2) is 5.76 Å². The largest absolute Gasteiger partial charge is 0.450 e. The van der Waals surface area contributed by atoms with Gasteiger partial charge in [0.05, 0.1) is 6.04 Å². The van der Waals surface area contributed by atoms with E-state index in [9.17, 15) is 4.79 Å². The molecule has 130 valence electrons. The maximum atomic E-state index is 12.8. The number of aliphatic hydroxyl groups excluding tert-OH is 1. The summed E-state index contributed by atoms with van der Waals surface area (Å²) < 4.78 is 5.87. The number of fused-ring (bicyclic) bond motifs is 1. The van der Waals surface area contributed by atoms with Gasteiger partial charge in [0.25, 0.3) is 5.91 Å². The van der Waals surface area contributed by atoms with E-state index in [-0.39, 0.29) is 18.6 Å². The van der Waals surface area contributed by atoms with Crippen molar-refractivity contribution in [1.29, 1.82) is 0 Å². The first-order valence-electron chi connectivity index (χ1n) is 8.57. The van der Waals surface area contributed by atoms with Gasteiger partial charge in [-0.15, -0.1) is 0 Å². The highest BCUT2D eigenvalue weighted by Gasteiger charge is 2.22. The number of carbonyl (C=O) groups excluding carboxylic acids is 1. The van der Waals surface area contributed by atoms with Crippen LogP contribution in [0, 0.1) is 13.8 Å². The van der Waals surface area contributed by atoms with Gasteiger partial charge in [0, 0.05) is 17.6 Å².